The number of alkyl halides is 1. The van der Waals surface area contributed by atoms with E-state index in [0.29, 0.717) is 12.4 Å². The molecule has 1 rings (SSSR count). The van der Waals surface area contributed by atoms with E-state index in [2.05, 4.69) is 5.32 Å². The summed E-state index contributed by atoms with van der Waals surface area (Å²) in [7, 11) is 0. The first kappa shape index (κ1) is 11.8. The zero-order valence-electron chi connectivity index (χ0n) is 8.66. The summed E-state index contributed by atoms with van der Waals surface area (Å²) in [6.07, 6.45) is 3.88. The van der Waals surface area contributed by atoms with Gasteiger partial charge in [-0.3, -0.25) is 4.79 Å². The summed E-state index contributed by atoms with van der Waals surface area (Å²) in [5, 5.41) is 2.69. The fraction of sp³-hybridized carbons (Fsp3) is 0.250. The van der Waals surface area contributed by atoms with Crippen molar-refractivity contribution in [3.05, 3.63) is 41.5 Å². The average Bonchev–Trinajstić information content (AvgIpc) is 2.24. The highest BCUT2D eigenvalue weighted by molar-refractivity contribution is 6.17. The minimum Gasteiger partial charge on any atom is -0.353 e. The Kier molecular flexibility index (Phi) is 4.91. The van der Waals surface area contributed by atoms with E-state index in [1.54, 1.807) is 0 Å². The van der Waals surface area contributed by atoms with E-state index >= 15 is 0 Å². The van der Waals surface area contributed by atoms with Crippen molar-refractivity contribution in [3.8, 4) is 0 Å². The molecular weight excluding hydrogens is 210 g/mol. The maximum atomic E-state index is 10.6. The third-order valence-corrected chi connectivity index (χ3v) is 2.25. The number of amides is 1. The van der Waals surface area contributed by atoms with Crippen LogP contribution in [0.5, 0.6) is 0 Å². The summed E-state index contributed by atoms with van der Waals surface area (Å²) in [4.78, 5) is 10.6. The highest BCUT2D eigenvalue weighted by Crippen LogP contribution is 2.12. The minimum absolute atomic E-state index is 0.0229. The largest absolute Gasteiger partial charge is 0.353 e. The number of carbonyl (C=O) groups excluding carboxylic acids is 1. The fourth-order valence-electron chi connectivity index (χ4n) is 1.21. The molecule has 0 saturated heterocycles. The molecule has 15 heavy (non-hydrogen) atoms. The smallest absolute Gasteiger partial charge is 0.217 e. The molecule has 0 radical (unpaired) electrons. The molecule has 0 aliphatic heterocycles. The van der Waals surface area contributed by atoms with Crippen molar-refractivity contribution in [1.82, 2.24) is 5.32 Å². The molecule has 1 amide bonds. The van der Waals surface area contributed by atoms with Crippen LogP contribution in [0.2, 0.25) is 0 Å². The standard InChI is InChI=1S/C12H14ClNO/c1-10(15)14-8-4-7-11-5-2-3-6-12(11)9-13/h2-7H,8-9H2,1H3,(H,14,15). The normalized spacial score (nSPS) is 10.5. The van der Waals surface area contributed by atoms with E-state index in [-0.39, 0.29) is 5.91 Å². The maximum absolute atomic E-state index is 10.6. The van der Waals surface area contributed by atoms with Crippen LogP contribution in [0, 0.1) is 0 Å². The van der Waals surface area contributed by atoms with Crippen LogP contribution in [0.1, 0.15) is 18.1 Å². The van der Waals surface area contributed by atoms with Crippen molar-refractivity contribution in [2.45, 2.75) is 12.8 Å². The van der Waals surface area contributed by atoms with Crippen molar-refractivity contribution in [2.24, 2.45) is 0 Å². The minimum atomic E-state index is -0.0229. The molecule has 0 aromatic heterocycles. The molecule has 0 saturated carbocycles. The first-order valence-electron chi connectivity index (χ1n) is 4.79. The predicted molar refractivity (Wildman–Crippen MR) is 63.7 cm³/mol. The van der Waals surface area contributed by atoms with Crippen LogP contribution < -0.4 is 5.32 Å². The van der Waals surface area contributed by atoms with E-state index in [1.807, 2.05) is 36.4 Å². The Morgan fingerprint density at radius 1 is 1.47 bits per heavy atom. The van der Waals surface area contributed by atoms with Crippen LogP contribution in [0.3, 0.4) is 0 Å². The Hall–Kier alpha value is -1.28. The van der Waals surface area contributed by atoms with Crippen LogP contribution in [-0.4, -0.2) is 12.5 Å². The van der Waals surface area contributed by atoms with Crippen molar-refractivity contribution in [2.75, 3.05) is 6.54 Å². The second kappa shape index (κ2) is 6.25. The van der Waals surface area contributed by atoms with Gasteiger partial charge in [0, 0.05) is 19.3 Å². The summed E-state index contributed by atoms with van der Waals surface area (Å²) in [6, 6.07) is 7.92. The quantitative estimate of drug-likeness (QED) is 0.782. The van der Waals surface area contributed by atoms with E-state index in [0.717, 1.165) is 11.1 Å². The van der Waals surface area contributed by atoms with Crippen LogP contribution >= 0.6 is 11.6 Å². The maximum Gasteiger partial charge on any atom is 0.217 e. The van der Waals surface area contributed by atoms with Gasteiger partial charge >= 0.3 is 0 Å². The second-order valence-corrected chi connectivity index (χ2v) is 3.44. The van der Waals surface area contributed by atoms with Crippen molar-refractivity contribution >= 4 is 23.6 Å². The Bertz CT molecular complexity index is 360. The molecule has 0 spiro atoms. The Morgan fingerprint density at radius 3 is 2.87 bits per heavy atom. The zero-order valence-corrected chi connectivity index (χ0v) is 9.42. The molecule has 0 atom stereocenters. The van der Waals surface area contributed by atoms with Gasteiger partial charge < -0.3 is 5.32 Å². The molecule has 0 unspecified atom stereocenters. The van der Waals surface area contributed by atoms with Gasteiger partial charge in [-0.25, -0.2) is 0 Å². The van der Waals surface area contributed by atoms with Gasteiger partial charge in [0.1, 0.15) is 0 Å². The summed E-state index contributed by atoms with van der Waals surface area (Å²) in [5.74, 6) is 0.478. The third-order valence-electron chi connectivity index (χ3n) is 1.97. The van der Waals surface area contributed by atoms with Crippen molar-refractivity contribution < 1.29 is 4.79 Å². The summed E-state index contributed by atoms with van der Waals surface area (Å²) >= 11 is 5.79. The molecule has 80 valence electrons. The lowest BCUT2D eigenvalue weighted by atomic mass is 10.1. The molecular formula is C12H14ClNO. The van der Waals surface area contributed by atoms with Gasteiger partial charge in [-0.1, -0.05) is 36.4 Å². The lowest BCUT2D eigenvalue weighted by molar-refractivity contribution is -0.118. The van der Waals surface area contributed by atoms with E-state index in [4.69, 9.17) is 11.6 Å². The second-order valence-electron chi connectivity index (χ2n) is 3.17. The van der Waals surface area contributed by atoms with Gasteiger partial charge in [-0.05, 0) is 11.1 Å². The molecule has 0 aliphatic carbocycles. The molecule has 0 heterocycles. The Balaban J connectivity index is 2.59. The summed E-state index contributed by atoms with van der Waals surface area (Å²) < 4.78 is 0. The topological polar surface area (TPSA) is 29.1 Å². The van der Waals surface area contributed by atoms with Crippen LogP contribution in [0.4, 0.5) is 0 Å². The van der Waals surface area contributed by atoms with Crippen LogP contribution in [0.15, 0.2) is 30.3 Å². The number of nitrogens with one attached hydrogen (secondary N) is 1. The van der Waals surface area contributed by atoms with Crippen molar-refractivity contribution in [1.29, 1.82) is 0 Å². The number of rotatable bonds is 4. The summed E-state index contributed by atoms with van der Waals surface area (Å²) in [6.45, 7) is 2.05. The highest BCUT2D eigenvalue weighted by atomic mass is 35.5. The molecule has 1 aromatic carbocycles. The van der Waals surface area contributed by atoms with E-state index in [9.17, 15) is 4.79 Å². The number of carbonyl (C=O) groups is 1. The highest BCUT2D eigenvalue weighted by Gasteiger charge is 1.95. The SMILES string of the molecule is CC(=O)NCC=Cc1ccccc1CCl. The van der Waals surface area contributed by atoms with Gasteiger partial charge in [0.15, 0.2) is 0 Å². The average molecular weight is 224 g/mol. The Morgan fingerprint density at radius 2 is 2.20 bits per heavy atom. The zero-order chi connectivity index (χ0) is 11.1. The fourth-order valence-corrected chi connectivity index (χ4v) is 1.45. The number of halogens is 1. The summed E-state index contributed by atoms with van der Waals surface area (Å²) in [5.41, 5.74) is 2.19. The number of hydrogen-bond acceptors (Lipinski definition) is 1. The lowest BCUT2D eigenvalue weighted by Crippen LogP contribution is -2.19. The number of benzene rings is 1. The van der Waals surface area contributed by atoms with Gasteiger partial charge in [0.25, 0.3) is 0 Å². The molecule has 2 nitrogen and oxygen atoms in total. The van der Waals surface area contributed by atoms with E-state index in [1.165, 1.54) is 6.92 Å². The van der Waals surface area contributed by atoms with Crippen molar-refractivity contribution in [3.63, 3.8) is 0 Å². The lowest BCUT2D eigenvalue weighted by Gasteiger charge is -2.01. The first-order valence-corrected chi connectivity index (χ1v) is 5.32. The van der Waals surface area contributed by atoms with Crippen LogP contribution in [0.25, 0.3) is 6.08 Å². The molecule has 1 N–H and O–H groups in total. The van der Waals surface area contributed by atoms with Gasteiger partial charge in [0.05, 0.1) is 0 Å². The molecule has 0 bridgehead atoms. The van der Waals surface area contributed by atoms with Gasteiger partial charge in [-0.15, -0.1) is 11.6 Å². The van der Waals surface area contributed by atoms with Crippen LogP contribution in [-0.2, 0) is 10.7 Å². The first-order chi connectivity index (χ1) is 7.24. The Labute approximate surface area is 94.9 Å². The van der Waals surface area contributed by atoms with Gasteiger partial charge in [-0.2, -0.15) is 0 Å². The predicted octanol–water partition coefficient (Wildman–Crippen LogP) is 2.57. The van der Waals surface area contributed by atoms with Gasteiger partial charge in [0.2, 0.25) is 5.91 Å². The monoisotopic (exact) mass is 223 g/mol. The molecule has 1 aromatic rings. The van der Waals surface area contributed by atoms with E-state index < -0.39 is 0 Å². The molecule has 3 heteroatoms. The molecule has 0 aliphatic rings. The number of hydrogen-bond donors (Lipinski definition) is 1. The third kappa shape index (κ3) is 4.17. The molecule has 0 fully saturated rings.